The van der Waals surface area contributed by atoms with Gasteiger partial charge in [0.25, 0.3) is 0 Å². The number of nitrogens with zero attached hydrogens (tertiary/aromatic N) is 3. The number of carbonyl (C=O) groups excluding carboxylic acids is 1. The number of rotatable bonds is 7. The molecule has 24 heavy (non-hydrogen) atoms. The molecule has 1 aromatic carbocycles. The molecule has 1 N–H and O–H groups in total. The Kier molecular flexibility index (Phi) is 7.64. The first-order valence-electron chi connectivity index (χ1n) is 7.66. The number of amides is 2. The number of carbonyl (C=O) groups is 1. The van der Waals surface area contributed by atoms with E-state index >= 15 is 0 Å². The lowest BCUT2D eigenvalue weighted by Crippen LogP contribution is -2.29. The van der Waals surface area contributed by atoms with Crippen LogP contribution in [0.1, 0.15) is 25.1 Å². The van der Waals surface area contributed by atoms with E-state index in [0.717, 1.165) is 17.1 Å². The van der Waals surface area contributed by atoms with Crippen molar-refractivity contribution in [2.24, 2.45) is 5.10 Å². The van der Waals surface area contributed by atoms with Gasteiger partial charge in [-0.3, -0.25) is 4.98 Å². The lowest BCUT2D eigenvalue weighted by atomic mass is 10.1. The number of aromatic nitrogens is 1. The third kappa shape index (κ3) is 5.28. The number of pyridine rings is 1. The van der Waals surface area contributed by atoms with Crippen LogP contribution in [0.3, 0.4) is 0 Å². The molecule has 0 aliphatic heterocycles. The summed E-state index contributed by atoms with van der Waals surface area (Å²) in [5.74, 6) is 1.63. The first-order chi connectivity index (χ1) is 11.8. The van der Waals surface area contributed by atoms with E-state index in [4.69, 9.17) is 0 Å². The van der Waals surface area contributed by atoms with Gasteiger partial charge in [0.05, 0.1) is 5.69 Å². The Balaban J connectivity index is 2.24. The third-order valence-electron chi connectivity index (χ3n) is 2.88. The van der Waals surface area contributed by atoms with E-state index in [1.807, 2.05) is 62.4 Å². The number of benzene rings is 1. The largest absolute Gasteiger partial charge is 0.358 e. The molecular formula is C17H20N4OS2. The Bertz CT molecular complexity index is 617. The highest BCUT2D eigenvalue weighted by molar-refractivity contribution is 8.12. The molecular weight excluding hydrogens is 340 g/mol. The molecule has 0 spiro atoms. The van der Waals surface area contributed by atoms with Crippen LogP contribution < -0.4 is 5.43 Å². The molecule has 0 saturated carbocycles. The van der Waals surface area contributed by atoms with Gasteiger partial charge in [0, 0.05) is 23.3 Å². The predicted octanol–water partition coefficient (Wildman–Crippen LogP) is 4.18. The second-order valence-electron chi connectivity index (χ2n) is 4.55. The van der Waals surface area contributed by atoms with Gasteiger partial charge >= 0.3 is 6.03 Å². The summed E-state index contributed by atoms with van der Waals surface area (Å²) in [5.41, 5.74) is 4.88. The van der Waals surface area contributed by atoms with E-state index in [1.54, 1.807) is 9.91 Å². The number of hydrogen-bond acceptors (Lipinski definition) is 5. The summed E-state index contributed by atoms with van der Waals surface area (Å²) in [6, 6.07) is 15.1. The molecule has 2 rings (SSSR count). The zero-order chi connectivity index (χ0) is 17.2. The summed E-state index contributed by atoms with van der Waals surface area (Å²) >= 11 is 2.90. The van der Waals surface area contributed by atoms with Crippen molar-refractivity contribution >= 4 is 35.6 Å². The summed E-state index contributed by atoms with van der Waals surface area (Å²) < 4.78 is 1.62. The standard InChI is InChI=1S/C17H20N4OS2/c1-3-23-21(24-4-2)17(22)20-19-16(14-10-6-5-7-11-14)15-12-8-9-13-18-15/h5-13H,3-4H2,1-2H3,(H,20,22)/b19-16+. The van der Waals surface area contributed by atoms with Gasteiger partial charge in [-0.25, -0.2) is 13.9 Å². The minimum Gasteiger partial charge on any atom is -0.255 e. The molecule has 2 aromatic rings. The van der Waals surface area contributed by atoms with Crippen molar-refractivity contribution in [3.8, 4) is 0 Å². The van der Waals surface area contributed by atoms with Crippen LogP contribution in [-0.2, 0) is 0 Å². The number of nitrogens with one attached hydrogen (secondary N) is 1. The highest BCUT2D eigenvalue weighted by atomic mass is 32.2. The molecule has 0 unspecified atom stereocenters. The molecule has 0 atom stereocenters. The van der Waals surface area contributed by atoms with Gasteiger partial charge in [0.1, 0.15) is 5.71 Å². The normalized spacial score (nSPS) is 11.2. The second-order valence-corrected chi connectivity index (χ2v) is 7.18. The molecule has 0 aliphatic carbocycles. The van der Waals surface area contributed by atoms with Gasteiger partial charge in [-0.15, -0.1) is 0 Å². The molecule has 5 nitrogen and oxygen atoms in total. The Hall–Kier alpha value is -1.99. The SMILES string of the molecule is CCSN(SCC)C(=O)N/N=C(\c1ccccc1)c1ccccn1. The lowest BCUT2D eigenvalue weighted by molar-refractivity contribution is 0.239. The van der Waals surface area contributed by atoms with E-state index in [0.29, 0.717) is 11.4 Å². The van der Waals surface area contributed by atoms with Crippen LogP contribution in [0.4, 0.5) is 4.79 Å². The van der Waals surface area contributed by atoms with Gasteiger partial charge < -0.3 is 0 Å². The summed E-state index contributed by atoms with van der Waals surface area (Å²) in [7, 11) is 0. The average Bonchev–Trinajstić information content (AvgIpc) is 2.63. The molecule has 0 bridgehead atoms. The van der Waals surface area contributed by atoms with Crippen molar-refractivity contribution in [1.29, 1.82) is 0 Å². The Labute approximate surface area is 151 Å². The van der Waals surface area contributed by atoms with Crippen molar-refractivity contribution in [3.63, 3.8) is 0 Å². The molecule has 0 radical (unpaired) electrons. The quantitative estimate of drug-likeness (QED) is 0.457. The van der Waals surface area contributed by atoms with E-state index < -0.39 is 0 Å². The van der Waals surface area contributed by atoms with E-state index in [2.05, 4.69) is 15.5 Å². The topological polar surface area (TPSA) is 57.6 Å². The van der Waals surface area contributed by atoms with Crippen LogP contribution >= 0.6 is 23.9 Å². The molecule has 2 amide bonds. The number of hydrogen-bond donors (Lipinski definition) is 1. The fourth-order valence-electron chi connectivity index (χ4n) is 1.90. The molecule has 0 fully saturated rings. The maximum atomic E-state index is 12.3. The summed E-state index contributed by atoms with van der Waals surface area (Å²) in [6.07, 6.45) is 1.71. The average molecular weight is 361 g/mol. The van der Waals surface area contributed by atoms with Gasteiger partial charge in [-0.05, 0) is 36.0 Å². The highest BCUT2D eigenvalue weighted by Crippen LogP contribution is 2.21. The van der Waals surface area contributed by atoms with Crippen molar-refractivity contribution in [2.45, 2.75) is 13.8 Å². The van der Waals surface area contributed by atoms with E-state index in [1.165, 1.54) is 23.9 Å². The first kappa shape index (κ1) is 18.4. The summed E-state index contributed by atoms with van der Waals surface area (Å²) in [6.45, 7) is 4.02. The predicted molar refractivity (Wildman–Crippen MR) is 103 cm³/mol. The van der Waals surface area contributed by atoms with Crippen molar-refractivity contribution in [2.75, 3.05) is 11.5 Å². The monoisotopic (exact) mass is 360 g/mol. The number of urea groups is 1. The minimum atomic E-state index is -0.252. The lowest BCUT2D eigenvalue weighted by Gasteiger charge is -2.17. The van der Waals surface area contributed by atoms with Gasteiger partial charge in [-0.1, -0.05) is 50.2 Å². The highest BCUT2D eigenvalue weighted by Gasteiger charge is 2.14. The van der Waals surface area contributed by atoms with Crippen LogP contribution in [0.2, 0.25) is 0 Å². The van der Waals surface area contributed by atoms with Crippen molar-refractivity contribution in [1.82, 2.24) is 14.1 Å². The molecule has 126 valence electrons. The van der Waals surface area contributed by atoms with Crippen molar-refractivity contribution in [3.05, 3.63) is 66.0 Å². The molecule has 0 saturated heterocycles. The van der Waals surface area contributed by atoms with Crippen LogP contribution in [0.25, 0.3) is 0 Å². The Morgan fingerprint density at radius 1 is 1.08 bits per heavy atom. The van der Waals surface area contributed by atoms with E-state index in [9.17, 15) is 4.79 Å². The fourth-order valence-corrected chi connectivity index (χ4v) is 3.62. The summed E-state index contributed by atoms with van der Waals surface area (Å²) in [5, 5.41) is 4.34. The van der Waals surface area contributed by atoms with Gasteiger partial charge in [0.2, 0.25) is 0 Å². The van der Waals surface area contributed by atoms with Crippen LogP contribution in [0, 0.1) is 0 Å². The fraction of sp³-hybridized carbons (Fsp3) is 0.235. The molecule has 7 heteroatoms. The molecule has 1 aromatic heterocycles. The van der Waals surface area contributed by atoms with E-state index in [-0.39, 0.29) is 6.03 Å². The first-order valence-corrected chi connectivity index (χ1v) is 9.55. The van der Waals surface area contributed by atoms with Crippen LogP contribution in [-0.4, -0.2) is 31.9 Å². The zero-order valence-corrected chi connectivity index (χ0v) is 15.3. The Morgan fingerprint density at radius 2 is 1.75 bits per heavy atom. The maximum Gasteiger partial charge on any atom is 0.358 e. The second kappa shape index (κ2) is 10.00. The molecule has 1 heterocycles. The molecule has 0 aliphatic rings. The smallest absolute Gasteiger partial charge is 0.255 e. The van der Waals surface area contributed by atoms with Crippen molar-refractivity contribution < 1.29 is 4.79 Å². The Morgan fingerprint density at radius 3 is 2.33 bits per heavy atom. The van der Waals surface area contributed by atoms with Gasteiger partial charge in [-0.2, -0.15) is 5.10 Å². The minimum absolute atomic E-state index is 0.252. The summed E-state index contributed by atoms with van der Waals surface area (Å²) in [4.78, 5) is 16.7. The third-order valence-corrected chi connectivity index (χ3v) is 4.83. The van der Waals surface area contributed by atoms with Crippen LogP contribution in [0.15, 0.2) is 59.8 Å². The van der Waals surface area contributed by atoms with Gasteiger partial charge in [0.15, 0.2) is 0 Å². The zero-order valence-electron chi connectivity index (χ0n) is 13.7. The number of hydrazone groups is 1. The maximum absolute atomic E-state index is 12.3. The van der Waals surface area contributed by atoms with Crippen LogP contribution in [0.5, 0.6) is 0 Å².